The second-order valence-electron chi connectivity index (χ2n) is 6.80. The Morgan fingerprint density at radius 1 is 1.38 bits per heavy atom. The molecule has 2 atom stereocenters. The van der Waals surface area contributed by atoms with Crippen LogP contribution in [0.5, 0.6) is 0 Å². The number of aryl methyl sites for hydroxylation is 1. The van der Waals surface area contributed by atoms with Crippen LogP contribution in [0.4, 0.5) is 0 Å². The van der Waals surface area contributed by atoms with Crippen LogP contribution in [0.15, 0.2) is 6.20 Å². The number of carbonyl (C=O) groups is 2. The molecule has 2 fully saturated rings. The van der Waals surface area contributed by atoms with Gasteiger partial charge in [0.2, 0.25) is 5.91 Å². The van der Waals surface area contributed by atoms with Crippen LogP contribution < -0.4 is 5.73 Å². The first-order chi connectivity index (χ1) is 11.5. The number of nitrogens with two attached hydrogens (primary N) is 1. The van der Waals surface area contributed by atoms with Gasteiger partial charge in [-0.05, 0) is 26.2 Å². The van der Waals surface area contributed by atoms with Gasteiger partial charge in [-0.15, -0.1) is 0 Å². The smallest absolute Gasteiger partial charge is 0.257 e. The van der Waals surface area contributed by atoms with Gasteiger partial charge in [0.25, 0.3) is 5.91 Å². The lowest BCUT2D eigenvalue weighted by Gasteiger charge is -2.37. The summed E-state index contributed by atoms with van der Waals surface area (Å²) in [5.41, 5.74) is 7.00. The van der Waals surface area contributed by atoms with Crippen molar-refractivity contribution in [3.8, 4) is 0 Å². The second-order valence-corrected chi connectivity index (χ2v) is 6.80. The summed E-state index contributed by atoms with van der Waals surface area (Å²) < 4.78 is 7.31. The van der Waals surface area contributed by atoms with Gasteiger partial charge in [-0.25, -0.2) is 0 Å². The van der Waals surface area contributed by atoms with Crippen LogP contribution in [0.3, 0.4) is 0 Å². The molecule has 132 valence electrons. The maximum atomic E-state index is 13.0. The summed E-state index contributed by atoms with van der Waals surface area (Å²) in [5, 5.41) is 4.58. The minimum Gasteiger partial charge on any atom is -0.381 e. The number of primary amides is 1. The number of rotatable bonds is 6. The number of hydrogen-bond donors (Lipinski definition) is 1. The summed E-state index contributed by atoms with van der Waals surface area (Å²) in [7, 11) is 1.65. The molecule has 3 rings (SSSR count). The molecule has 1 aliphatic carbocycles. The van der Waals surface area contributed by atoms with Crippen LogP contribution in [0.1, 0.15) is 54.6 Å². The molecule has 1 aromatic heterocycles. The highest BCUT2D eigenvalue weighted by Gasteiger charge is 2.36. The Labute approximate surface area is 142 Å². The molecule has 24 heavy (non-hydrogen) atoms. The molecule has 0 unspecified atom stereocenters. The quantitative estimate of drug-likeness (QED) is 0.844. The minimum atomic E-state index is -0.353. The zero-order valence-corrected chi connectivity index (χ0v) is 14.4. The predicted molar refractivity (Wildman–Crippen MR) is 88.5 cm³/mol. The third kappa shape index (κ3) is 3.45. The van der Waals surface area contributed by atoms with Crippen LogP contribution in [0, 0.1) is 5.92 Å². The molecule has 2 amide bonds. The van der Waals surface area contributed by atoms with Gasteiger partial charge >= 0.3 is 0 Å². The first-order valence-corrected chi connectivity index (χ1v) is 8.71. The summed E-state index contributed by atoms with van der Waals surface area (Å²) in [6.07, 6.45) is 5.02. The molecule has 7 nitrogen and oxygen atoms in total. The summed E-state index contributed by atoms with van der Waals surface area (Å²) in [6.45, 7) is 3.91. The van der Waals surface area contributed by atoms with Crippen molar-refractivity contribution >= 4 is 11.8 Å². The number of nitrogens with zero attached hydrogens (tertiary/aromatic N) is 3. The van der Waals surface area contributed by atoms with Crippen LogP contribution in [0.25, 0.3) is 0 Å². The molecular formula is C17H26N4O3. The Morgan fingerprint density at radius 2 is 2.12 bits per heavy atom. The first-order valence-electron chi connectivity index (χ1n) is 8.71. The number of piperidine rings is 1. The standard InChI is InChI=1S/C17H26N4O3/c1-3-21-10-13(16(19-21)11-4-5-11)17(23)20-7-6-14(24-2)12(9-20)8-15(18)22/h10-12,14H,3-9H2,1-2H3,(H2,18,22)/t12-,14-/m1/s1. The zero-order chi connectivity index (χ0) is 17.3. The summed E-state index contributed by atoms with van der Waals surface area (Å²) >= 11 is 0. The van der Waals surface area contributed by atoms with E-state index < -0.39 is 0 Å². The monoisotopic (exact) mass is 334 g/mol. The van der Waals surface area contributed by atoms with Crippen molar-refractivity contribution in [2.45, 2.75) is 51.2 Å². The third-order valence-corrected chi connectivity index (χ3v) is 5.03. The van der Waals surface area contributed by atoms with Gasteiger partial charge < -0.3 is 15.4 Å². The molecule has 0 bridgehead atoms. The van der Waals surface area contributed by atoms with Gasteiger partial charge in [-0.2, -0.15) is 5.10 Å². The highest BCUT2D eigenvalue weighted by molar-refractivity contribution is 5.95. The van der Waals surface area contributed by atoms with Gasteiger partial charge in [0.05, 0.1) is 17.4 Å². The maximum absolute atomic E-state index is 13.0. The van der Waals surface area contributed by atoms with E-state index in [4.69, 9.17) is 10.5 Å². The molecule has 1 aromatic rings. The van der Waals surface area contributed by atoms with Gasteiger partial charge in [0.1, 0.15) is 0 Å². The number of aromatic nitrogens is 2. The van der Waals surface area contributed by atoms with Crippen LogP contribution in [0.2, 0.25) is 0 Å². The van der Waals surface area contributed by atoms with Crippen molar-refractivity contribution in [3.63, 3.8) is 0 Å². The molecule has 0 radical (unpaired) electrons. The SMILES string of the molecule is CCn1cc(C(=O)N2CC[C@@H](OC)[C@H](CC(N)=O)C2)c(C2CC2)n1. The summed E-state index contributed by atoms with van der Waals surface area (Å²) in [6, 6.07) is 0. The number of ether oxygens (including phenoxy) is 1. The Morgan fingerprint density at radius 3 is 2.71 bits per heavy atom. The Bertz CT molecular complexity index is 623. The van der Waals surface area contributed by atoms with Gasteiger partial charge in [0, 0.05) is 51.2 Å². The molecular weight excluding hydrogens is 308 g/mol. The lowest BCUT2D eigenvalue weighted by Crippen LogP contribution is -2.47. The van der Waals surface area contributed by atoms with Crippen molar-refractivity contribution in [1.82, 2.24) is 14.7 Å². The number of likely N-dealkylation sites (tertiary alicyclic amines) is 1. The normalized spacial score (nSPS) is 24.2. The molecule has 0 spiro atoms. The summed E-state index contributed by atoms with van der Waals surface area (Å²) in [5.74, 6) is 0.0416. The number of hydrogen-bond acceptors (Lipinski definition) is 4. The lowest BCUT2D eigenvalue weighted by molar-refractivity contribution is -0.121. The molecule has 0 aromatic carbocycles. The van der Waals surface area contributed by atoms with Crippen molar-refractivity contribution in [3.05, 3.63) is 17.5 Å². The van der Waals surface area contributed by atoms with Crippen molar-refractivity contribution in [2.24, 2.45) is 11.7 Å². The van der Waals surface area contributed by atoms with Crippen molar-refractivity contribution in [1.29, 1.82) is 0 Å². The number of methoxy groups -OCH3 is 1. The van der Waals surface area contributed by atoms with Crippen molar-refractivity contribution in [2.75, 3.05) is 20.2 Å². The fourth-order valence-electron chi connectivity index (χ4n) is 3.55. The molecule has 7 heteroatoms. The number of amides is 2. The second kappa shape index (κ2) is 6.93. The first kappa shape index (κ1) is 17.0. The zero-order valence-electron chi connectivity index (χ0n) is 14.4. The third-order valence-electron chi connectivity index (χ3n) is 5.03. The van der Waals surface area contributed by atoms with E-state index in [1.807, 2.05) is 22.7 Å². The van der Waals surface area contributed by atoms with E-state index in [-0.39, 0.29) is 30.3 Å². The van der Waals surface area contributed by atoms with E-state index in [9.17, 15) is 9.59 Å². The summed E-state index contributed by atoms with van der Waals surface area (Å²) in [4.78, 5) is 26.2. The topological polar surface area (TPSA) is 90.5 Å². The van der Waals surface area contributed by atoms with E-state index in [1.165, 1.54) is 0 Å². The van der Waals surface area contributed by atoms with Gasteiger partial charge in [-0.3, -0.25) is 14.3 Å². The predicted octanol–water partition coefficient (Wildman–Crippen LogP) is 1.13. The molecule has 1 saturated heterocycles. The van der Waals surface area contributed by atoms with E-state index in [0.29, 0.717) is 24.6 Å². The Kier molecular flexibility index (Phi) is 4.89. The Hall–Kier alpha value is -1.89. The van der Waals surface area contributed by atoms with Gasteiger partial charge in [0.15, 0.2) is 0 Å². The average molecular weight is 334 g/mol. The molecule has 2 heterocycles. The molecule has 1 aliphatic heterocycles. The average Bonchev–Trinajstić information content (AvgIpc) is 3.32. The van der Waals surface area contributed by atoms with E-state index in [0.717, 1.165) is 31.5 Å². The maximum Gasteiger partial charge on any atom is 0.257 e. The van der Waals surface area contributed by atoms with Crippen LogP contribution in [-0.4, -0.2) is 52.8 Å². The largest absolute Gasteiger partial charge is 0.381 e. The fraction of sp³-hybridized carbons (Fsp3) is 0.706. The molecule has 2 aliphatic rings. The lowest BCUT2D eigenvalue weighted by atomic mass is 9.91. The minimum absolute atomic E-state index is 0.0145. The van der Waals surface area contributed by atoms with Crippen molar-refractivity contribution < 1.29 is 14.3 Å². The van der Waals surface area contributed by atoms with Crippen LogP contribution >= 0.6 is 0 Å². The highest BCUT2D eigenvalue weighted by Crippen LogP contribution is 2.41. The van der Waals surface area contributed by atoms with Gasteiger partial charge in [-0.1, -0.05) is 0 Å². The van der Waals surface area contributed by atoms with Crippen LogP contribution in [-0.2, 0) is 16.1 Å². The number of carbonyl (C=O) groups excluding carboxylic acids is 2. The highest BCUT2D eigenvalue weighted by atomic mass is 16.5. The molecule has 2 N–H and O–H groups in total. The fourth-order valence-corrected chi connectivity index (χ4v) is 3.55. The van der Waals surface area contributed by atoms with E-state index in [2.05, 4.69) is 5.10 Å². The molecule has 1 saturated carbocycles. The van der Waals surface area contributed by atoms with E-state index >= 15 is 0 Å². The Balaban J connectivity index is 1.77. The van der Waals surface area contributed by atoms with E-state index in [1.54, 1.807) is 7.11 Å².